The van der Waals surface area contributed by atoms with Crippen molar-refractivity contribution in [3.63, 3.8) is 0 Å². The predicted molar refractivity (Wildman–Crippen MR) is 97.7 cm³/mol. The number of hydrogen-bond acceptors (Lipinski definition) is 5. The van der Waals surface area contributed by atoms with Crippen molar-refractivity contribution in [3.05, 3.63) is 18.2 Å². The molecule has 0 bridgehead atoms. The first kappa shape index (κ1) is 20.7. The van der Waals surface area contributed by atoms with E-state index in [1.165, 1.54) is 4.90 Å². The van der Waals surface area contributed by atoms with Gasteiger partial charge in [0.25, 0.3) is 0 Å². The van der Waals surface area contributed by atoms with Crippen LogP contribution in [0.1, 0.15) is 25.1 Å². The van der Waals surface area contributed by atoms with Crippen molar-refractivity contribution in [3.8, 4) is 0 Å². The van der Waals surface area contributed by atoms with Crippen LogP contribution in [0.15, 0.2) is 12.4 Å². The number of rotatable bonds is 7. The molecular formula is C17H28N6O4. The minimum Gasteiger partial charge on any atom is -0.391 e. The van der Waals surface area contributed by atoms with Gasteiger partial charge in [-0.15, -0.1) is 0 Å². The fourth-order valence-electron chi connectivity index (χ4n) is 3.00. The van der Waals surface area contributed by atoms with Crippen LogP contribution in [0.4, 0.5) is 4.79 Å². The van der Waals surface area contributed by atoms with E-state index in [-0.39, 0.29) is 24.4 Å². The van der Waals surface area contributed by atoms with Crippen molar-refractivity contribution in [2.75, 3.05) is 27.2 Å². The Morgan fingerprint density at radius 2 is 2.07 bits per heavy atom. The number of aliphatic hydroxyl groups is 1. The van der Waals surface area contributed by atoms with Crippen LogP contribution in [-0.4, -0.2) is 77.2 Å². The Morgan fingerprint density at radius 1 is 1.30 bits per heavy atom. The SMILES string of the molecule is CN(C)C(=O)NCC(=O)N[C@@H]1C[C@@H](C(=O)NCCc2ncc[nH]2)CC[C@H]1O. The molecule has 150 valence electrons. The average Bonchev–Trinajstić information content (AvgIpc) is 3.14. The highest BCUT2D eigenvalue weighted by atomic mass is 16.3. The molecule has 0 spiro atoms. The van der Waals surface area contributed by atoms with Crippen LogP contribution in [0.5, 0.6) is 0 Å². The maximum absolute atomic E-state index is 12.4. The monoisotopic (exact) mass is 380 g/mol. The van der Waals surface area contributed by atoms with Crippen molar-refractivity contribution in [1.82, 2.24) is 30.8 Å². The second kappa shape index (κ2) is 9.91. The number of carbonyl (C=O) groups excluding carboxylic acids is 3. The molecule has 0 aliphatic heterocycles. The molecule has 1 aromatic heterocycles. The standard InChI is InChI=1S/C17H28N6O4/c1-23(2)17(27)21-10-15(25)22-12-9-11(3-4-13(12)24)16(26)20-6-5-14-18-7-8-19-14/h7-8,11-13,24H,3-6,9-10H2,1-2H3,(H,18,19)(H,20,26)(H,21,27)(H,22,25)/t11-,12+,13+/m0/s1. The minimum atomic E-state index is -0.703. The molecule has 1 heterocycles. The molecule has 3 atom stereocenters. The van der Waals surface area contributed by atoms with E-state index in [1.807, 2.05) is 0 Å². The fraction of sp³-hybridized carbons (Fsp3) is 0.647. The van der Waals surface area contributed by atoms with Gasteiger partial charge in [0.2, 0.25) is 11.8 Å². The van der Waals surface area contributed by atoms with E-state index in [0.29, 0.717) is 32.2 Å². The molecule has 1 fully saturated rings. The van der Waals surface area contributed by atoms with Crippen LogP contribution in [0, 0.1) is 5.92 Å². The second-order valence-corrected chi connectivity index (χ2v) is 6.88. The van der Waals surface area contributed by atoms with E-state index >= 15 is 0 Å². The first-order valence-corrected chi connectivity index (χ1v) is 9.05. The summed E-state index contributed by atoms with van der Waals surface area (Å²) in [6.45, 7) is 0.291. The minimum absolute atomic E-state index is 0.0892. The molecule has 1 saturated carbocycles. The Balaban J connectivity index is 1.75. The smallest absolute Gasteiger partial charge is 0.317 e. The molecule has 4 amide bonds. The van der Waals surface area contributed by atoms with Crippen molar-refractivity contribution >= 4 is 17.8 Å². The number of urea groups is 1. The number of hydrogen-bond donors (Lipinski definition) is 5. The quantitative estimate of drug-likeness (QED) is 0.412. The van der Waals surface area contributed by atoms with E-state index in [4.69, 9.17) is 0 Å². The van der Waals surface area contributed by atoms with Gasteiger partial charge in [-0.05, 0) is 19.3 Å². The topological polar surface area (TPSA) is 139 Å². The van der Waals surface area contributed by atoms with Gasteiger partial charge in [0, 0.05) is 45.4 Å². The zero-order chi connectivity index (χ0) is 19.8. The van der Waals surface area contributed by atoms with Gasteiger partial charge in [-0.25, -0.2) is 9.78 Å². The van der Waals surface area contributed by atoms with Crippen LogP contribution >= 0.6 is 0 Å². The third kappa shape index (κ3) is 6.55. The lowest BCUT2D eigenvalue weighted by atomic mass is 9.83. The van der Waals surface area contributed by atoms with E-state index in [0.717, 1.165) is 5.82 Å². The summed E-state index contributed by atoms with van der Waals surface area (Å²) in [4.78, 5) is 44.2. The van der Waals surface area contributed by atoms with E-state index in [9.17, 15) is 19.5 Å². The number of carbonyl (C=O) groups is 3. The largest absolute Gasteiger partial charge is 0.391 e. The third-order valence-electron chi connectivity index (χ3n) is 4.55. The normalized spacial score (nSPS) is 22.0. The van der Waals surface area contributed by atoms with Gasteiger partial charge in [-0.3, -0.25) is 9.59 Å². The van der Waals surface area contributed by atoms with Crippen LogP contribution in [0.3, 0.4) is 0 Å². The van der Waals surface area contributed by atoms with Gasteiger partial charge in [0.05, 0.1) is 18.7 Å². The number of aliphatic hydroxyl groups excluding tert-OH is 1. The molecule has 0 aromatic carbocycles. The molecule has 5 N–H and O–H groups in total. The van der Waals surface area contributed by atoms with Crippen molar-refractivity contribution in [2.24, 2.45) is 5.92 Å². The van der Waals surface area contributed by atoms with Crippen molar-refractivity contribution in [1.29, 1.82) is 0 Å². The zero-order valence-electron chi connectivity index (χ0n) is 15.7. The molecule has 0 saturated heterocycles. The summed E-state index contributed by atoms with van der Waals surface area (Å²) in [6.07, 6.45) is 4.66. The molecule has 27 heavy (non-hydrogen) atoms. The molecule has 1 aromatic rings. The van der Waals surface area contributed by atoms with Crippen LogP contribution in [-0.2, 0) is 16.0 Å². The summed E-state index contributed by atoms with van der Waals surface area (Å²) in [5.41, 5.74) is 0. The molecule has 0 unspecified atom stereocenters. The van der Waals surface area contributed by atoms with Gasteiger partial charge in [0.15, 0.2) is 0 Å². The molecule has 10 heteroatoms. The lowest BCUT2D eigenvalue weighted by Gasteiger charge is -2.33. The first-order chi connectivity index (χ1) is 12.9. The summed E-state index contributed by atoms with van der Waals surface area (Å²) in [5.74, 6) is 0.0488. The summed E-state index contributed by atoms with van der Waals surface area (Å²) in [6, 6.07) is -0.883. The number of nitrogens with one attached hydrogen (secondary N) is 4. The number of aromatic nitrogens is 2. The first-order valence-electron chi connectivity index (χ1n) is 9.05. The molecule has 1 aliphatic rings. The van der Waals surface area contributed by atoms with Gasteiger partial charge in [0.1, 0.15) is 5.82 Å². The van der Waals surface area contributed by atoms with Crippen LogP contribution in [0.25, 0.3) is 0 Å². The maximum Gasteiger partial charge on any atom is 0.317 e. The van der Waals surface area contributed by atoms with Gasteiger partial charge in [-0.2, -0.15) is 0 Å². The number of aromatic amines is 1. The van der Waals surface area contributed by atoms with E-state index in [2.05, 4.69) is 25.9 Å². The number of imidazole rings is 1. The Labute approximate surface area is 158 Å². The molecule has 0 radical (unpaired) electrons. The number of nitrogens with zero attached hydrogens (tertiary/aromatic N) is 2. The molecule has 1 aliphatic carbocycles. The van der Waals surface area contributed by atoms with E-state index in [1.54, 1.807) is 26.5 Å². The summed E-state index contributed by atoms with van der Waals surface area (Å²) < 4.78 is 0. The third-order valence-corrected chi connectivity index (χ3v) is 4.55. The van der Waals surface area contributed by atoms with Crippen molar-refractivity contribution < 1.29 is 19.5 Å². The number of H-pyrrole nitrogens is 1. The Kier molecular flexibility index (Phi) is 7.59. The second-order valence-electron chi connectivity index (χ2n) is 6.88. The highest BCUT2D eigenvalue weighted by Crippen LogP contribution is 2.25. The lowest BCUT2D eigenvalue weighted by Crippen LogP contribution is -2.52. The molecular weight excluding hydrogens is 352 g/mol. The fourth-order valence-corrected chi connectivity index (χ4v) is 3.00. The number of amides is 4. The Hall–Kier alpha value is -2.62. The predicted octanol–water partition coefficient (Wildman–Crippen LogP) is -1.01. The molecule has 10 nitrogen and oxygen atoms in total. The highest BCUT2D eigenvalue weighted by Gasteiger charge is 2.33. The van der Waals surface area contributed by atoms with Crippen molar-refractivity contribution in [2.45, 2.75) is 37.8 Å². The summed E-state index contributed by atoms with van der Waals surface area (Å²) in [7, 11) is 3.15. The summed E-state index contributed by atoms with van der Waals surface area (Å²) in [5, 5.41) is 18.2. The van der Waals surface area contributed by atoms with Crippen LogP contribution in [0.2, 0.25) is 0 Å². The maximum atomic E-state index is 12.4. The van der Waals surface area contributed by atoms with E-state index < -0.39 is 18.1 Å². The zero-order valence-corrected chi connectivity index (χ0v) is 15.7. The molecule has 2 rings (SSSR count). The summed E-state index contributed by atoms with van der Waals surface area (Å²) >= 11 is 0. The van der Waals surface area contributed by atoms with Gasteiger partial charge in [-0.1, -0.05) is 0 Å². The van der Waals surface area contributed by atoms with Crippen LogP contribution < -0.4 is 16.0 Å². The lowest BCUT2D eigenvalue weighted by molar-refractivity contribution is -0.129. The Morgan fingerprint density at radius 3 is 2.74 bits per heavy atom. The van der Waals surface area contributed by atoms with Gasteiger partial charge < -0.3 is 30.9 Å². The Bertz CT molecular complexity index is 633. The highest BCUT2D eigenvalue weighted by molar-refractivity contribution is 5.84. The average molecular weight is 380 g/mol. The van der Waals surface area contributed by atoms with Gasteiger partial charge >= 0.3 is 6.03 Å².